The Kier molecular flexibility index (Phi) is 4.68. The van der Waals surface area contributed by atoms with Gasteiger partial charge in [-0.25, -0.2) is 0 Å². The van der Waals surface area contributed by atoms with Gasteiger partial charge in [-0.3, -0.25) is 4.79 Å². The maximum absolute atomic E-state index is 11.1. The maximum atomic E-state index is 11.1. The highest BCUT2D eigenvalue weighted by Gasteiger charge is 1.98. The topological polar surface area (TPSA) is 50.4 Å². The van der Waals surface area contributed by atoms with Gasteiger partial charge in [-0.1, -0.05) is 30.3 Å². The van der Waals surface area contributed by atoms with E-state index in [0.717, 1.165) is 5.56 Å². The van der Waals surface area contributed by atoms with Gasteiger partial charge in [0.15, 0.2) is 0 Å². The molecule has 1 aromatic carbocycles. The van der Waals surface area contributed by atoms with E-state index in [9.17, 15) is 4.79 Å². The summed E-state index contributed by atoms with van der Waals surface area (Å²) in [5.74, 6) is -0.0873. The van der Waals surface area contributed by atoms with Crippen molar-refractivity contribution in [3.8, 4) is 0 Å². The highest BCUT2D eigenvalue weighted by Crippen LogP contribution is 1.96. The molecule has 0 radical (unpaired) electrons. The molecule has 0 saturated carbocycles. The van der Waals surface area contributed by atoms with E-state index in [0.29, 0.717) is 6.54 Å². The first-order chi connectivity index (χ1) is 6.83. The number of hydroxylamine groups is 1. The molecule has 1 aromatic rings. The predicted molar refractivity (Wildman–Crippen MR) is 53.3 cm³/mol. The van der Waals surface area contributed by atoms with Crippen LogP contribution in [0.5, 0.6) is 0 Å². The van der Waals surface area contributed by atoms with Crippen molar-refractivity contribution >= 4 is 5.91 Å². The van der Waals surface area contributed by atoms with E-state index < -0.39 is 0 Å². The van der Waals surface area contributed by atoms with Crippen molar-refractivity contribution in [2.24, 2.45) is 0 Å². The fourth-order valence-corrected chi connectivity index (χ4v) is 0.997. The Hall–Kier alpha value is -1.39. The van der Waals surface area contributed by atoms with Crippen LogP contribution in [0.2, 0.25) is 0 Å². The number of nitrogens with one attached hydrogen (secondary N) is 2. The lowest BCUT2D eigenvalue weighted by molar-refractivity contribution is -0.122. The zero-order valence-corrected chi connectivity index (χ0v) is 8.12. The molecule has 1 rings (SSSR count). The minimum Gasteiger partial charge on any atom is -0.351 e. The molecule has 0 aliphatic rings. The van der Waals surface area contributed by atoms with E-state index in [2.05, 4.69) is 15.6 Å². The molecule has 0 fully saturated rings. The van der Waals surface area contributed by atoms with Crippen LogP contribution < -0.4 is 10.8 Å². The van der Waals surface area contributed by atoms with Gasteiger partial charge in [0, 0.05) is 6.54 Å². The van der Waals surface area contributed by atoms with Gasteiger partial charge in [-0.2, -0.15) is 5.48 Å². The molecular weight excluding hydrogens is 180 g/mol. The molecule has 2 N–H and O–H groups in total. The van der Waals surface area contributed by atoms with E-state index in [1.807, 2.05) is 30.3 Å². The molecule has 0 bridgehead atoms. The Labute approximate surface area is 83.2 Å². The molecular formula is C10H14N2O2. The fraction of sp³-hybridized carbons (Fsp3) is 0.300. The molecule has 0 spiro atoms. The normalized spacial score (nSPS) is 9.79. The van der Waals surface area contributed by atoms with Gasteiger partial charge in [0.1, 0.15) is 0 Å². The summed E-state index contributed by atoms with van der Waals surface area (Å²) in [5.41, 5.74) is 3.55. The summed E-state index contributed by atoms with van der Waals surface area (Å²) >= 11 is 0. The third-order valence-electron chi connectivity index (χ3n) is 1.71. The Morgan fingerprint density at radius 3 is 2.71 bits per heavy atom. The number of rotatable bonds is 5. The molecule has 0 atom stereocenters. The maximum Gasteiger partial charge on any atom is 0.236 e. The summed E-state index contributed by atoms with van der Waals surface area (Å²) in [6.07, 6.45) is 0. The molecule has 14 heavy (non-hydrogen) atoms. The quantitative estimate of drug-likeness (QED) is 0.669. The average Bonchev–Trinajstić information content (AvgIpc) is 2.25. The number of carbonyl (C=O) groups is 1. The summed E-state index contributed by atoms with van der Waals surface area (Å²) in [6.45, 7) is 0.717. The van der Waals surface area contributed by atoms with Gasteiger partial charge in [0.05, 0.1) is 13.7 Å². The van der Waals surface area contributed by atoms with Gasteiger partial charge in [0.25, 0.3) is 0 Å². The largest absolute Gasteiger partial charge is 0.351 e. The van der Waals surface area contributed by atoms with Crippen molar-refractivity contribution in [3.63, 3.8) is 0 Å². The van der Waals surface area contributed by atoms with Crippen molar-refractivity contribution in [1.82, 2.24) is 10.8 Å². The van der Waals surface area contributed by atoms with Crippen molar-refractivity contribution in [1.29, 1.82) is 0 Å². The third kappa shape index (κ3) is 4.02. The Balaban J connectivity index is 2.24. The molecule has 0 heterocycles. The van der Waals surface area contributed by atoms with Crippen LogP contribution in [0.4, 0.5) is 0 Å². The summed E-state index contributed by atoms with van der Waals surface area (Å²) in [7, 11) is 1.48. The van der Waals surface area contributed by atoms with E-state index in [1.165, 1.54) is 7.11 Å². The lowest BCUT2D eigenvalue weighted by Crippen LogP contribution is -2.32. The molecule has 1 amide bonds. The second-order valence-electron chi connectivity index (χ2n) is 2.79. The summed E-state index contributed by atoms with van der Waals surface area (Å²) in [5, 5.41) is 2.75. The van der Waals surface area contributed by atoms with Gasteiger partial charge in [-0.15, -0.1) is 0 Å². The van der Waals surface area contributed by atoms with Crippen LogP contribution in [-0.2, 0) is 16.2 Å². The zero-order chi connectivity index (χ0) is 10.2. The van der Waals surface area contributed by atoms with Crippen LogP contribution in [0.15, 0.2) is 30.3 Å². The fourth-order valence-electron chi connectivity index (χ4n) is 0.997. The molecule has 4 heteroatoms. The Morgan fingerprint density at radius 2 is 2.07 bits per heavy atom. The van der Waals surface area contributed by atoms with E-state index in [4.69, 9.17) is 0 Å². The standard InChI is InChI=1S/C10H14N2O2/c1-14-12-8-10(13)11-7-9-5-3-2-4-6-9/h2-6,12H,7-8H2,1H3,(H,11,13). The van der Waals surface area contributed by atoms with Crippen LogP contribution >= 0.6 is 0 Å². The number of benzene rings is 1. The molecule has 0 aromatic heterocycles. The molecule has 0 saturated heterocycles. The number of amides is 1. The van der Waals surface area contributed by atoms with E-state index in [-0.39, 0.29) is 12.5 Å². The summed E-state index contributed by atoms with van der Waals surface area (Å²) in [6, 6.07) is 9.75. The van der Waals surface area contributed by atoms with Gasteiger partial charge in [-0.05, 0) is 5.56 Å². The molecule has 0 aliphatic heterocycles. The minimum atomic E-state index is -0.0873. The number of hydrogen-bond acceptors (Lipinski definition) is 3. The Morgan fingerprint density at radius 1 is 1.36 bits per heavy atom. The summed E-state index contributed by atoms with van der Waals surface area (Å²) < 4.78 is 0. The van der Waals surface area contributed by atoms with Crippen LogP contribution in [0.25, 0.3) is 0 Å². The monoisotopic (exact) mass is 194 g/mol. The first-order valence-electron chi connectivity index (χ1n) is 4.39. The minimum absolute atomic E-state index is 0.0873. The lowest BCUT2D eigenvalue weighted by Gasteiger charge is -2.04. The average molecular weight is 194 g/mol. The van der Waals surface area contributed by atoms with Crippen molar-refractivity contribution in [2.45, 2.75) is 6.54 Å². The Bertz CT molecular complexity index is 275. The number of hydrogen-bond donors (Lipinski definition) is 2. The summed E-state index contributed by atoms with van der Waals surface area (Å²) in [4.78, 5) is 15.7. The van der Waals surface area contributed by atoms with Crippen molar-refractivity contribution in [3.05, 3.63) is 35.9 Å². The SMILES string of the molecule is CONCC(=O)NCc1ccccc1. The highest BCUT2D eigenvalue weighted by atomic mass is 16.6. The second kappa shape index (κ2) is 6.12. The highest BCUT2D eigenvalue weighted by molar-refractivity contribution is 5.77. The second-order valence-corrected chi connectivity index (χ2v) is 2.79. The predicted octanol–water partition coefficient (Wildman–Crippen LogP) is 0.454. The van der Waals surface area contributed by atoms with Crippen LogP contribution in [0.3, 0.4) is 0 Å². The molecule has 76 valence electrons. The molecule has 4 nitrogen and oxygen atoms in total. The first kappa shape index (κ1) is 10.7. The number of carbonyl (C=O) groups excluding carboxylic acids is 1. The lowest BCUT2D eigenvalue weighted by atomic mass is 10.2. The van der Waals surface area contributed by atoms with Crippen LogP contribution in [0.1, 0.15) is 5.56 Å². The van der Waals surface area contributed by atoms with Crippen LogP contribution in [0, 0.1) is 0 Å². The van der Waals surface area contributed by atoms with Gasteiger partial charge in [0.2, 0.25) is 5.91 Å². The van der Waals surface area contributed by atoms with E-state index >= 15 is 0 Å². The van der Waals surface area contributed by atoms with Gasteiger partial charge < -0.3 is 10.2 Å². The third-order valence-corrected chi connectivity index (χ3v) is 1.71. The van der Waals surface area contributed by atoms with E-state index in [1.54, 1.807) is 0 Å². The first-order valence-corrected chi connectivity index (χ1v) is 4.39. The zero-order valence-electron chi connectivity index (χ0n) is 8.12. The smallest absolute Gasteiger partial charge is 0.236 e. The van der Waals surface area contributed by atoms with Gasteiger partial charge >= 0.3 is 0 Å². The van der Waals surface area contributed by atoms with Crippen LogP contribution in [-0.4, -0.2) is 19.6 Å². The molecule has 0 aliphatic carbocycles. The van der Waals surface area contributed by atoms with Crippen molar-refractivity contribution < 1.29 is 9.63 Å². The van der Waals surface area contributed by atoms with Crippen molar-refractivity contribution in [2.75, 3.05) is 13.7 Å². The molecule has 0 unspecified atom stereocenters.